The molecule has 29 heteroatoms. The van der Waals surface area contributed by atoms with Crippen LogP contribution in [0, 0.1) is 12.3 Å². The quantitative estimate of drug-likeness (QED) is 0.0558. The first-order valence-electron chi connectivity index (χ1n) is 31.5. The van der Waals surface area contributed by atoms with Gasteiger partial charge in [0, 0.05) is 79.6 Å². The number of nitrogens with one attached hydrogen (secondary N) is 3. The predicted octanol–water partition coefficient (Wildman–Crippen LogP) is 14.6. The maximum Gasteiger partial charge on any atom is 0.416 e. The molecule has 4 atom stereocenters. The molecule has 0 aliphatic carbocycles. The highest BCUT2D eigenvalue weighted by Gasteiger charge is 2.50. The summed E-state index contributed by atoms with van der Waals surface area (Å²) in [5.41, 5.74) is 9.77. The number of guanidine groups is 3. The zero-order valence-electron chi connectivity index (χ0n) is 55.7. The first-order valence-corrected chi connectivity index (χ1v) is 37.4. The first-order chi connectivity index (χ1) is 48.5. The maximum atomic E-state index is 14.2. The molecule has 12 rings (SSSR count). The summed E-state index contributed by atoms with van der Waals surface area (Å²) in [6.45, 7) is 2.83. The highest BCUT2D eigenvalue weighted by atomic mass is 35.5. The number of aliphatic imine (C=N–C) groups is 1. The number of nitrogens with zero attached hydrogens (tertiary/aromatic N) is 10. The van der Waals surface area contributed by atoms with E-state index in [0.717, 1.165) is 63.4 Å². The van der Waals surface area contributed by atoms with Crippen molar-refractivity contribution in [3.05, 3.63) is 301 Å². The van der Waals surface area contributed by atoms with Gasteiger partial charge in [-0.15, -0.1) is 4.40 Å². The van der Waals surface area contributed by atoms with Crippen LogP contribution in [0.2, 0.25) is 20.1 Å². The number of aryl methyl sites for hydroxylation is 1. The van der Waals surface area contributed by atoms with Gasteiger partial charge in [0.2, 0.25) is 17.9 Å². The lowest BCUT2D eigenvalue weighted by Crippen LogP contribution is -2.49. The Hall–Kier alpha value is -9.15. The summed E-state index contributed by atoms with van der Waals surface area (Å²) >= 11 is 24.2. The van der Waals surface area contributed by atoms with Crippen molar-refractivity contribution in [3.8, 4) is 0 Å². The Morgan fingerprint density at radius 2 is 0.951 bits per heavy atom. The summed E-state index contributed by atoms with van der Waals surface area (Å²) in [7, 11) is -3.83. The van der Waals surface area contributed by atoms with E-state index in [4.69, 9.17) is 56.9 Å². The zero-order chi connectivity index (χ0) is 73.3. The molecule has 0 amide bonds. The Morgan fingerprint density at radius 3 is 1.39 bits per heavy atom. The largest absolute Gasteiger partial charge is 0.416 e. The highest BCUT2D eigenvalue weighted by molar-refractivity contribution is 7.90. The second kappa shape index (κ2) is 32.4. The van der Waals surface area contributed by atoms with Gasteiger partial charge in [-0.3, -0.25) is 20.8 Å². The lowest BCUT2D eigenvalue weighted by molar-refractivity contribution is -0.137. The topological polar surface area (TPSA) is 219 Å². The summed E-state index contributed by atoms with van der Waals surface area (Å²) in [5.74, 6) is -0.352. The van der Waals surface area contributed by atoms with E-state index in [0.29, 0.717) is 51.0 Å². The van der Waals surface area contributed by atoms with Crippen molar-refractivity contribution in [1.82, 2.24) is 39.5 Å². The summed E-state index contributed by atoms with van der Waals surface area (Å²) < 4.78 is 127. The molecule has 19 nitrogen and oxygen atoms in total. The maximum absolute atomic E-state index is 14.2. The second-order valence-corrected chi connectivity index (χ2v) is 30.8. The van der Waals surface area contributed by atoms with Crippen LogP contribution >= 0.6 is 46.4 Å². The van der Waals surface area contributed by atoms with Gasteiger partial charge in [-0.25, -0.2) is 36.6 Å². The second-order valence-electron chi connectivity index (χ2n) is 24.0. The van der Waals surface area contributed by atoms with Gasteiger partial charge in [-0.2, -0.15) is 31.8 Å². The highest BCUT2D eigenvalue weighted by Crippen LogP contribution is 2.47. The Morgan fingerprint density at radius 1 is 0.529 bits per heavy atom. The Bertz CT molecular complexity index is 4910. The van der Waals surface area contributed by atoms with Crippen LogP contribution in [-0.2, 0) is 36.2 Å². The summed E-state index contributed by atoms with van der Waals surface area (Å²) in [5, 5.41) is 26.6. The average Bonchev–Trinajstić information content (AvgIpc) is 1.57. The smallest absolute Gasteiger partial charge is 0.348 e. The Labute approximate surface area is 612 Å². The molecular formula is C73H70Cl4F3N13O6S3. The van der Waals surface area contributed by atoms with Crippen molar-refractivity contribution < 1.29 is 38.4 Å². The van der Waals surface area contributed by atoms with Crippen molar-refractivity contribution in [3.63, 3.8) is 0 Å². The number of sulfonamides is 3. The number of hydrazine groups is 2. The van der Waals surface area contributed by atoms with E-state index in [2.05, 4.69) is 24.6 Å². The molecule has 102 heavy (non-hydrogen) atoms. The fraction of sp³-hybridized carbons (Fsp3) is 0.192. The molecule has 0 aromatic heterocycles. The third-order valence-electron chi connectivity index (χ3n) is 16.5. The predicted molar refractivity (Wildman–Crippen MR) is 397 cm³/mol. The first kappa shape index (κ1) is 75.5. The fourth-order valence-electron chi connectivity index (χ4n) is 11.6. The number of benzene rings is 9. The van der Waals surface area contributed by atoms with Gasteiger partial charge >= 0.3 is 6.18 Å². The molecule has 4 unspecified atom stereocenters. The third kappa shape index (κ3) is 18.0. The third-order valence-corrected chi connectivity index (χ3v) is 22.1. The van der Waals surface area contributed by atoms with Gasteiger partial charge in [0.05, 0.1) is 50.8 Å². The molecule has 0 bridgehead atoms. The number of halogens is 7. The van der Waals surface area contributed by atoms with Crippen molar-refractivity contribution >= 4 is 106 Å². The standard InChI is InChI=1S/C25H27ClN4O2S.C24H23Cl2N5O2S.C24H20ClF3N4O2S/c1-18-9-7-8-12-23(18)33(31,32)30-24(20-13-15-21(26)16-14-20)22(19-10-5-4-6-11-19)17-29(30)25(27)28(2)3;1-30(2)28-24(29-34(32,33)21-14-12-20(26)13-15-21)31-16-22(17-6-4-3-5-7-17)23(27-31)18-8-10-19(25)11-9-18;1-29-23(31-35(33,34)20-13-9-18(10-14-20)24(26,27)28)32-15-21(16-5-3-2-4-6-16)22(30-32)17-7-11-19(25)12-8-17/h4-16,22,24,27H,17H2,1-3H3;3-15,22H,16H2,1-2H3,(H,28,29);2-14,21H,15H2,1H3,(H,29,31). The monoisotopic (exact) mass is 1520 g/mol. The number of hydrogen-bond acceptors (Lipinski definition) is 11. The molecule has 3 heterocycles. The summed E-state index contributed by atoms with van der Waals surface area (Å²) in [4.78, 5) is 5.61. The van der Waals surface area contributed by atoms with Crippen molar-refractivity contribution in [1.29, 1.82) is 5.41 Å². The fourth-order valence-corrected chi connectivity index (χ4v) is 16.0. The molecule has 9 aromatic rings. The van der Waals surface area contributed by atoms with Crippen molar-refractivity contribution in [2.24, 2.45) is 19.6 Å². The van der Waals surface area contributed by atoms with Crippen LogP contribution < -0.4 is 10.1 Å². The van der Waals surface area contributed by atoms with E-state index in [1.807, 2.05) is 146 Å². The van der Waals surface area contributed by atoms with E-state index in [1.165, 1.54) is 40.7 Å². The molecule has 3 N–H and O–H groups in total. The molecule has 9 aromatic carbocycles. The number of hydrogen-bond donors (Lipinski definition) is 3. The van der Waals surface area contributed by atoms with Crippen LogP contribution in [0.1, 0.15) is 68.3 Å². The van der Waals surface area contributed by atoms with E-state index >= 15 is 0 Å². The van der Waals surface area contributed by atoms with Crippen LogP contribution in [-0.4, -0.2) is 139 Å². The Balaban J connectivity index is 0.000000165. The molecule has 1 fully saturated rings. The molecule has 1 saturated heterocycles. The molecule has 0 saturated carbocycles. The van der Waals surface area contributed by atoms with Gasteiger partial charge in [0.25, 0.3) is 30.1 Å². The minimum atomic E-state index is -4.57. The van der Waals surface area contributed by atoms with Crippen molar-refractivity contribution in [2.75, 3.05) is 54.9 Å². The zero-order valence-corrected chi connectivity index (χ0v) is 61.2. The van der Waals surface area contributed by atoms with Crippen molar-refractivity contribution in [2.45, 2.75) is 51.6 Å². The molecule has 530 valence electrons. The summed E-state index contributed by atoms with van der Waals surface area (Å²) in [6, 6.07) is 66.8. The van der Waals surface area contributed by atoms with Crippen LogP contribution in [0.4, 0.5) is 13.2 Å². The van der Waals surface area contributed by atoms with Gasteiger partial charge in [-0.1, -0.05) is 196 Å². The van der Waals surface area contributed by atoms with E-state index in [-0.39, 0.29) is 50.3 Å². The van der Waals surface area contributed by atoms with Crippen LogP contribution in [0.5, 0.6) is 0 Å². The normalized spacial score (nSPS) is 17.5. The lowest BCUT2D eigenvalue weighted by Gasteiger charge is -2.35. The number of rotatable bonds is 13. The number of hydrazone groups is 2. The van der Waals surface area contributed by atoms with E-state index < -0.39 is 47.9 Å². The molecule has 3 aliphatic heterocycles. The van der Waals surface area contributed by atoms with Gasteiger partial charge in [0.15, 0.2) is 0 Å². The summed E-state index contributed by atoms with van der Waals surface area (Å²) in [6.07, 6.45) is -4.57. The minimum absolute atomic E-state index is 0.0377. The molecule has 0 spiro atoms. The van der Waals surface area contributed by atoms with Gasteiger partial charge in [-0.05, 0) is 137 Å². The average molecular weight is 1520 g/mol. The SMILES string of the molecule is CN(C)NC(=NS(=O)(=O)c1ccc(Cl)cc1)N1CC(c2ccccc2)C(c2ccc(Cl)cc2)=N1.CN=C(NS(=O)(=O)c1ccc(C(F)(F)F)cc1)N1CC(c2ccccc2)C(c2ccc(Cl)cc2)=N1.Cc1ccccc1S(=O)(=O)N1C(c2ccc(Cl)cc2)C(c2ccccc2)CN1C(=N)N(C)C. The molecule has 0 radical (unpaired) electrons. The van der Waals surface area contributed by atoms with E-state index in [9.17, 15) is 38.4 Å². The van der Waals surface area contributed by atoms with Gasteiger partial charge in [0.1, 0.15) is 0 Å². The van der Waals surface area contributed by atoms with Crippen LogP contribution in [0.3, 0.4) is 0 Å². The molecule has 3 aliphatic rings. The van der Waals surface area contributed by atoms with Gasteiger partial charge < -0.3 is 4.90 Å². The van der Waals surface area contributed by atoms with E-state index in [1.54, 1.807) is 97.5 Å². The minimum Gasteiger partial charge on any atom is -0.348 e. The Kier molecular flexibility index (Phi) is 24.0. The van der Waals surface area contributed by atoms with Crippen LogP contribution in [0.25, 0.3) is 0 Å². The lowest BCUT2D eigenvalue weighted by atomic mass is 9.89. The van der Waals surface area contributed by atoms with Crippen LogP contribution in [0.15, 0.2) is 271 Å². The molecular weight excluding hydrogens is 1450 g/mol. The number of alkyl halides is 3.